The fourth-order valence-electron chi connectivity index (χ4n) is 4.09. The van der Waals surface area contributed by atoms with Crippen molar-refractivity contribution in [1.29, 1.82) is 0 Å². The molecule has 0 radical (unpaired) electrons. The van der Waals surface area contributed by atoms with Gasteiger partial charge >= 0.3 is 29.8 Å². The standard InChI is InChI=1S/C23H34O11/c1-13(24)29-12-19-22(31-15(3)26)23(32-16(4)27)21(30-14(2)25)18(34-19)10-11-20(28)33-17-8-6-5-7-9-17/h17-19,21-23H,5-12H2,1-4H3/t18?,19-,21+,22-,23-/m1/s1/i1D,2D,3D,4D. The molecule has 192 valence electrons. The Labute approximate surface area is 204 Å². The van der Waals surface area contributed by atoms with Crippen molar-refractivity contribution in [2.24, 2.45) is 0 Å². The Morgan fingerprint density at radius 1 is 0.735 bits per heavy atom. The molecule has 0 N–H and O–H groups in total. The highest BCUT2D eigenvalue weighted by molar-refractivity contribution is 5.70. The monoisotopic (exact) mass is 490 g/mol. The molecule has 1 saturated heterocycles. The summed E-state index contributed by atoms with van der Waals surface area (Å²) in [4.78, 5) is 60.3. The van der Waals surface area contributed by atoms with Crippen LogP contribution >= 0.6 is 0 Å². The van der Waals surface area contributed by atoms with Gasteiger partial charge in [-0.2, -0.15) is 0 Å². The number of esters is 5. The highest BCUT2D eigenvalue weighted by atomic mass is 16.7. The topological polar surface area (TPSA) is 141 Å². The first-order valence-corrected chi connectivity index (χ1v) is 11.0. The van der Waals surface area contributed by atoms with Crippen LogP contribution in [0.1, 0.15) is 78.0 Å². The quantitative estimate of drug-likeness (QED) is 0.345. The molecule has 0 aromatic rings. The average Bonchev–Trinajstić information content (AvgIpc) is 2.93. The highest BCUT2D eigenvalue weighted by Gasteiger charge is 2.52. The molecule has 1 saturated carbocycles. The molecule has 1 unspecified atom stereocenters. The molecule has 1 heterocycles. The second kappa shape index (κ2) is 13.3. The van der Waals surface area contributed by atoms with Crippen molar-refractivity contribution >= 4 is 29.8 Å². The lowest BCUT2D eigenvalue weighted by atomic mass is 9.92. The predicted molar refractivity (Wildman–Crippen MR) is 114 cm³/mol. The van der Waals surface area contributed by atoms with Gasteiger partial charge < -0.3 is 28.4 Å². The Kier molecular flexibility index (Phi) is 8.51. The Morgan fingerprint density at radius 3 is 1.88 bits per heavy atom. The van der Waals surface area contributed by atoms with Crippen molar-refractivity contribution in [3.05, 3.63) is 0 Å². The molecule has 1 aliphatic heterocycles. The van der Waals surface area contributed by atoms with Crippen LogP contribution in [0.2, 0.25) is 0 Å². The largest absolute Gasteiger partial charge is 0.463 e. The lowest BCUT2D eigenvalue weighted by Gasteiger charge is -2.44. The molecule has 11 nitrogen and oxygen atoms in total. The number of carbonyl (C=O) groups excluding carboxylic acids is 5. The van der Waals surface area contributed by atoms with Crippen molar-refractivity contribution in [3.8, 4) is 0 Å². The number of rotatable bonds is 9. The van der Waals surface area contributed by atoms with E-state index in [1.165, 1.54) is 0 Å². The third-order valence-electron chi connectivity index (χ3n) is 5.42. The minimum absolute atomic E-state index is 0.0988. The van der Waals surface area contributed by atoms with Gasteiger partial charge in [0.15, 0.2) is 18.3 Å². The van der Waals surface area contributed by atoms with E-state index in [2.05, 4.69) is 0 Å². The van der Waals surface area contributed by atoms with Crippen LogP contribution < -0.4 is 0 Å². The van der Waals surface area contributed by atoms with Crippen LogP contribution in [-0.2, 0) is 52.4 Å². The van der Waals surface area contributed by atoms with E-state index in [1.807, 2.05) is 0 Å². The normalized spacial score (nSPS) is 28.8. The smallest absolute Gasteiger partial charge is 0.306 e. The molecule has 5 atom stereocenters. The molecule has 0 aromatic heterocycles. The maximum atomic E-state index is 12.5. The fourth-order valence-corrected chi connectivity index (χ4v) is 4.09. The molecule has 11 heteroatoms. The molecule has 0 amide bonds. The van der Waals surface area contributed by atoms with E-state index in [0.29, 0.717) is 0 Å². The first-order valence-electron chi connectivity index (χ1n) is 13.8. The summed E-state index contributed by atoms with van der Waals surface area (Å²) in [6.07, 6.45) is -2.98. The summed E-state index contributed by atoms with van der Waals surface area (Å²) in [7, 11) is 0. The van der Waals surface area contributed by atoms with Crippen molar-refractivity contribution < 1.29 is 57.9 Å². The van der Waals surface area contributed by atoms with Crippen LogP contribution in [-0.4, -0.2) is 73.1 Å². The van der Waals surface area contributed by atoms with E-state index in [-0.39, 0.29) is 18.9 Å². The van der Waals surface area contributed by atoms with Crippen LogP contribution in [0.3, 0.4) is 0 Å². The zero-order valence-corrected chi connectivity index (χ0v) is 18.9. The van der Waals surface area contributed by atoms with E-state index in [9.17, 15) is 24.0 Å². The average molecular weight is 491 g/mol. The molecule has 0 spiro atoms. The summed E-state index contributed by atoms with van der Waals surface area (Å²) in [6.45, 7) is -3.70. The van der Waals surface area contributed by atoms with Crippen molar-refractivity contribution in [1.82, 2.24) is 0 Å². The number of carbonyl (C=O) groups is 5. The highest BCUT2D eigenvalue weighted by Crippen LogP contribution is 2.31. The summed E-state index contributed by atoms with van der Waals surface area (Å²) in [5.74, 6) is -4.58. The van der Waals surface area contributed by atoms with Gasteiger partial charge in [-0.15, -0.1) is 0 Å². The minimum Gasteiger partial charge on any atom is -0.463 e. The second-order valence-electron chi connectivity index (χ2n) is 8.05. The van der Waals surface area contributed by atoms with Gasteiger partial charge in [0.1, 0.15) is 18.8 Å². The Morgan fingerprint density at radius 2 is 1.29 bits per heavy atom. The van der Waals surface area contributed by atoms with Gasteiger partial charge in [-0.1, -0.05) is 6.42 Å². The van der Waals surface area contributed by atoms with Gasteiger partial charge in [-0.05, 0) is 32.1 Å². The van der Waals surface area contributed by atoms with Gasteiger partial charge in [-0.25, -0.2) is 0 Å². The van der Waals surface area contributed by atoms with Crippen molar-refractivity contribution in [2.45, 2.75) is 109 Å². The Bertz CT molecular complexity index is 821. The molecule has 0 bridgehead atoms. The lowest BCUT2D eigenvalue weighted by molar-refractivity contribution is -0.253. The van der Waals surface area contributed by atoms with Gasteiger partial charge in [-0.3, -0.25) is 24.0 Å². The molecular weight excluding hydrogens is 452 g/mol. The summed E-state index contributed by atoms with van der Waals surface area (Å²) in [5.41, 5.74) is 0. The molecule has 1 aliphatic carbocycles. The minimum atomic E-state index is -1.56. The van der Waals surface area contributed by atoms with E-state index in [0.717, 1.165) is 32.1 Å². The first-order chi connectivity index (χ1) is 18.2. The summed E-state index contributed by atoms with van der Waals surface area (Å²) < 4.78 is 61.3. The molecule has 2 rings (SSSR count). The van der Waals surface area contributed by atoms with E-state index in [1.54, 1.807) is 0 Å². The SMILES string of the molecule is [2H]CC(=O)OC[C@H]1OC(CCC(=O)OC2CCCCC2)[C@H](OC(=O)C[2H])[C@@H](OC(=O)C[2H])[C@@H]1OC(=O)C[2H]. The molecule has 0 aromatic carbocycles. The number of hydrogen-bond acceptors (Lipinski definition) is 11. The maximum Gasteiger partial charge on any atom is 0.306 e. The zero-order valence-electron chi connectivity index (χ0n) is 22.9. The fraction of sp³-hybridized carbons (Fsp3) is 0.783. The third kappa shape index (κ3) is 8.92. The van der Waals surface area contributed by atoms with Crippen LogP contribution in [0.25, 0.3) is 0 Å². The maximum absolute atomic E-state index is 12.5. The second-order valence-corrected chi connectivity index (χ2v) is 8.05. The lowest BCUT2D eigenvalue weighted by Crippen LogP contribution is -2.62. The third-order valence-corrected chi connectivity index (χ3v) is 5.42. The number of ether oxygens (including phenoxy) is 6. The number of hydrogen-bond donors (Lipinski definition) is 0. The zero-order chi connectivity index (χ0) is 28.1. The Balaban J connectivity index is 2.31. The van der Waals surface area contributed by atoms with E-state index >= 15 is 0 Å². The van der Waals surface area contributed by atoms with Gasteiger partial charge in [0.2, 0.25) is 0 Å². The Hall–Kier alpha value is -2.69. The first kappa shape index (κ1) is 21.8. The molecule has 2 fully saturated rings. The van der Waals surface area contributed by atoms with Crippen LogP contribution in [0.5, 0.6) is 0 Å². The van der Waals surface area contributed by atoms with Gasteiger partial charge in [0, 0.05) is 39.5 Å². The van der Waals surface area contributed by atoms with Crippen molar-refractivity contribution in [3.63, 3.8) is 0 Å². The van der Waals surface area contributed by atoms with Crippen LogP contribution in [0, 0.1) is 0 Å². The van der Waals surface area contributed by atoms with E-state index in [4.69, 9.17) is 33.9 Å². The van der Waals surface area contributed by atoms with E-state index < -0.39 is 94.6 Å². The molecule has 34 heavy (non-hydrogen) atoms. The summed E-state index contributed by atoms with van der Waals surface area (Å²) >= 11 is 0. The molecular formula is C23H34O11. The summed E-state index contributed by atoms with van der Waals surface area (Å²) in [6, 6.07) is 0. The van der Waals surface area contributed by atoms with Crippen LogP contribution in [0.15, 0.2) is 0 Å². The van der Waals surface area contributed by atoms with Crippen LogP contribution in [0.4, 0.5) is 0 Å². The predicted octanol–water partition coefficient (Wildman–Crippen LogP) is 1.77. The molecule has 2 aliphatic rings. The summed E-state index contributed by atoms with van der Waals surface area (Å²) in [5, 5.41) is 0. The van der Waals surface area contributed by atoms with Crippen molar-refractivity contribution in [2.75, 3.05) is 6.61 Å². The van der Waals surface area contributed by atoms with Gasteiger partial charge in [0.25, 0.3) is 0 Å². The van der Waals surface area contributed by atoms with Gasteiger partial charge in [0.05, 0.1) is 6.10 Å².